The monoisotopic (exact) mass is 424 g/mol. The van der Waals surface area contributed by atoms with Gasteiger partial charge in [-0.15, -0.1) is 0 Å². The van der Waals surface area contributed by atoms with E-state index < -0.39 is 11.3 Å². The Kier molecular flexibility index (Phi) is 5.28. The minimum absolute atomic E-state index is 0.182. The van der Waals surface area contributed by atoms with Crippen LogP contribution in [0.2, 0.25) is 5.15 Å². The van der Waals surface area contributed by atoms with Gasteiger partial charge in [0.1, 0.15) is 10.8 Å². The van der Waals surface area contributed by atoms with Crippen LogP contribution in [-0.2, 0) is 0 Å². The molecule has 1 aliphatic rings. The van der Waals surface area contributed by atoms with Crippen molar-refractivity contribution in [1.29, 1.82) is 5.26 Å². The molecule has 1 amide bonds. The van der Waals surface area contributed by atoms with Crippen molar-refractivity contribution in [1.82, 2.24) is 24.7 Å². The van der Waals surface area contributed by atoms with Crippen molar-refractivity contribution in [3.63, 3.8) is 0 Å². The lowest BCUT2D eigenvalue weighted by atomic mass is 9.80. The first-order chi connectivity index (χ1) is 14.4. The summed E-state index contributed by atoms with van der Waals surface area (Å²) in [6.07, 6.45) is 4.87. The molecule has 0 bridgehead atoms. The maximum Gasteiger partial charge on any atom is 0.269 e. The van der Waals surface area contributed by atoms with Gasteiger partial charge in [-0.1, -0.05) is 11.6 Å². The van der Waals surface area contributed by atoms with Gasteiger partial charge in [-0.2, -0.15) is 5.26 Å². The molecule has 0 spiro atoms. The van der Waals surface area contributed by atoms with E-state index in [1.165, 1.54) is 0 Å². The van der Waals surface area contributed by atoms with Gasteiger partial charge >= 0.3 is 0 Å². The van der Waals surface area contributed by atoms with Gasteiger partial charge in [-0.3, -0.25) is 9.20 Å². The standard InChI is InChI=1S/C20H21ClN8O/c1-12-16(17(23)30)28-19-18(26-11-20(10-22)3-6-24-7-4-20)27-14(9-29(12)19)13-2-5-25-15(21)8-13/h2,5,8-9,24H,3-4,6-7,11H2,1H3,(H2,23,30)(H,26,27). The molecule has 10 heteroatoms. The largest absolute Gasteiger partial charge is 0.365 e. The van der Waals surface area contributed by atoms with E-state index in [-0.39, 0.29) is 5.69 Å². The number of carbonyl (C=O) groups is 1. The molecule has 0 atom stereocenters. The molecular formula is C20H21ClN8O. The molecule has 0 aromatic carbocycles. The number of aromatic nitrogens is 4. The van der Waals surface area contributed by atoms with E-state index in [1.54, 1.807) is 35.9 Å². The second kappa shape index (κ2) is 7.89. The molecule has 0 saturated carbocycles. The van der Waals surface area contributed by atoms with Crippen molar-refractivity contribution in [2.45, 2.75) is 19.8 Å². The SMILES string of the molecule is Cc1c(C(N)=O)nc2c(NCC3(C#N)CCNCC3)nc(-c3ccnc(Cl)c3)cn12. The summed E-state index contributed by atoms with van der Waals surface area (Å²) < 4.78 is 1.78. The molecule has 0 radical (unpaired) electrons. The molecule has 0 unspecified atom stereocenters. The van der Waals surface area contributed by atoms with Gasteiger partial charge in [0.15, 0.2) is 11.5 Å². The second-order valence-electron chi connectivity index (χ2n) is 7.44. The van der Waals surface area contributed by atoms with Crippen LogP contribution in [0.25, 0.3) is 16.9 Å². The highest BCUT2D eigenvalue weighted by Crippen LogP contribution is 2.30. The maximum absolute atomic E-state index is 11.8. The van der Waals surface area contributed by atoms with Crippen LogP contribution in [0.5, 0.6) is 0 Å². The molecule has 0 aliphatic carbocycles. The normalized spacial score (nSPS) is 15.6. The number of nitrogens with one attached hydrogen (secondary N) is 2. The van der Waals surface area contributed by atoms with Crippen molar-refractivity contribution in [2.24, 2.45) is 11.1 Å². The second-order valence-corrected chi connectivity index (χ2v) is 7.83. The third-order valence-electron chi connectivity index (χ3n) is 5.49. The van der Waals surface area contributed by atoms with E-state index >= 15 is 0 Å². The van der Waals surface area contributed by atoms with E-state index in [0.717, 1.165) is 31.5 Å². The van der Waals surface area contributed by atoms with Crippen LogP contribution in [0, 0.1) is 23.7 Å². The Labute approximate surface area is 178 Å². The van der Waals surface area contributed by atoms with Crippen LogP contribution < -0.4 is 16.4 Å². The average molecular weight is 425 g/mol. The van der Waals surface area contributed by atoms with Gasteiger partial charge in [0, 0.05) is 24.5 Å². The summed E-state index contributed by atoms with van der Waals surface area (Å²) in [4.78, 5) is 25.0. The van der Waals surface area contributed by atoms with E-state index in [1.807, 2.05) is 0 Å². The zero-order valence-corrected chi connectivity index (χ0v) is 17.2. The Morgan fingerprint density at radius 3 is 2.87 bits per heavy atom. The van der Waals surface area contributed by atoms with Crippen LogP contribution in [-0.4, -0.2) is 44.9 Å². The van der Waals surface area contributed by atoms with Gasteiger partial charge in [0.05, 0.1) is 22.9 Å². The van der Waals surface area contributed by atoms with E-state index in [4.69, 9.17) is 22.3 Å². The Bertz CT molecular complexity index is 1160. The third kappa shape index (κ3) is 3.67. The molecule has 4 heterocycles. The lowest BCUT2D eigenvalue weighted by molar-refractivity contribution is 0.0995. The molecule has 1 fully saturated rings. The number of piperidine rings is 1. The summed E-state index contributed by atoms with van der Waals surface area (Å²) in [6.45, 7) is 3.78. The van der Waals surface area contributed by atoms with Crippen molar-refractivity contribution in [3.05, 3.63) is 41.1 Å². The van der Waals surface area contributed by atoms with E-state index in [0.29, 0.717) is 34.6 Å². The lowest BCUT2D eigenvalue weighted by Crippen LogP contribution is -2.40. The summed E-state index contributed by atoms with van der Waals surface area (Å²) in [5, 5.41) is 16.7. The van der Waals surface area contributed by atoms with Gasteiger partial charge in [0.25, 0.3) is 5.91 Å². The van der Waals surface area contributed by atoms with Gasteiger partial charge in [-0.05, 0) is 45.0 Å². The van der Waals surface area contributed by atoms with Crippen LogP contribution in [0.4, 0.5) is 5.82 Å². The number of aryl methyl sites for hydroxylation is 1. The Hall–Kier alpha value is -3.22. The van der Waals surface area contributed by atoms with Gasteiger partial charge in [0.2, 0.25) is 0 Å². The minimum Gasteiger partial charge on any atom is -0.365 e. The number of amides is 1. The van der Waals surface area contributed by atoms with Crippen LogP contribution in [0.1, 0.15) is 29.0 Å². The number of anilines is 1. The zero-order chi connectivity index (χ0) is 21.3. The summed E-state index contributed by atoms with van der Waals surface area (Å²) in [5.74, 6) is -0.133. The molecule has 1 saturated heterocycles. The molecular weight excluding hydrogens is 404 g/mol. The Morgan fingerprint density at radius 1 is 1.43 bits per heavy atom. The fourth-order valence-corrected chi connectivity index (χ4v) is 3.87. The number of rotatable bonds is 5. The molecule has 1 aliphatic heterocycles. The third-order valence-corrected chi connectivity index (χ3v) is 5.70. The smallest absolute Gasteiger partial charge is 0.269 e. The zero-order valence-electron chi connectivity index (χ0n) is 16.4. The maximum atomic E-state index is 11.8. The van der Waals surface area contributed by atoms with E-state index in [9.17, 15) is 10.1 Å². The highest BCUT2D eigenvalue weighted by molar-refractivity contribution is 6.29. The number of pyridine rings is 1. The highest BCUT2D eigenvalue weighted by atomic mass is 35.5. The van der Waals surface area contributed by atoms with Crippen LogP contribution in [0.15, 0.2) is 24.5 Å². The molecule has 154 valence electrons. The van der Waals surface area contributed by atoms with Gasteiger partial charge in [-0.25, -0.2) is 15.0 Å². The average Bonchev–Trinajstić information content (AvgIpc) is 3.10. The fourth-order valence-electron chi connectivity index (χ4n) is 3.70. The van der Waals surface area contributed by atoms with Crippen molar-refractivity contribution in [2.75, 3.05) is 25.0 Å². The first-order valence-corrected chi connectivity index (χ1v) is 9.97. The Balaban J connectivity index is 1.81. The summed E-state index contributed by atoms with van der Waals surface area (Å²) in [5.41, 5.74) is 7.68. The number of hydrogen-bond acceptors (Lipinski definition) is 7. The topological polar surface area (TPSA) is 134 Å². The summed E-state index contributed by atoms with van der Waals surface area (Å²) in [6, 6.07) is 5.98. The number of nitrogens with two attached hydrogens (primary N) is 1. The lowest BCUT2D eigenvalue weighted by Gasteiger charge is -2.31. The predicted molar refractivity (Wildman–Crippen MR) is 113 cm³/mol. The van der Waals surface area contributed by atoms with Crippen LogP contribution >= 0.6 is 11.6 Å². The molecule has 3 aromatic heterocycles. The van der Waals surface area contributed by atoms with Crippen molar-refractivity contribution < 1.29 is 4.79 Å². The molecule has 4 rings (SSSR count). The van der Waals surface area contributed by atoms with Crippen LogP contribution in [0.3, 0.4) is 0 Å². The van der Waals surface area contributed by atoms with Gasteiger partial charge < -0.3 is 16.4 Å². The number of nitriles is 1. The molecule has 30 heavy (non-hydrogen) atoms. The summed E-state index contributed by atoms with van der Waals surface area (Å²) >= 11 is 6.05. The number of hydrogen-bond donors (Lipinski definition) is 3. The fraction of sp³-hybridized carbons (Fsp3) is 0.350. The highest BCUT2D eigenvalue weighted by Gasteiger charge is 2.32. The first-order valence-electron chi connectivity index (χ1n) is 9.60. The number of fused-ring (bicyclic) bond motifs is 1. The number of halogens is 1. The van der Waals surface area contributed by atoms with Crippen molar-refractivity contribution >= 4 is 29.0 Å². The number of nitrogens with zero attached hydrogens (tertiary/aromatic N) is 5. The molecule has 4 N–H and O–H groups in total. The quantitative estimate of drug-likeness (QED) is 0.534. The Morgan fingerprint density at radius 2 is 2.20 bits per heavy atom. The summed E-state index contributed by atoms with van der Waals surface area (Å²) in [7, 11) is 0. The molecule has 9 nitrogen and oxygen atoms in total. The predicted octanol–water partition coefficient (Wildman–Crippen LogP) is 2.16. The molecule has 3 aromatic rings. The van der Waals surface area contributed by atoms with Crippen molar-refractivity contribution in [3.8, 4) is 17.3 Å². The number of carbonyl (C=O) groups excluding carboxylic acids is 1. The minimum atomic E-state index is -0.609. The first kappa shape index (κ1) is 20.1. The number of imidazole rings is 1. The van der Waals surface area contributed by atoms with E-state index in [2.05, 4.69) is 26.7 Å². The number of primary amides is 1.